The predicted molar refractivity (Wildman–Crippen MR) is 111 cm³/mol. The van der Waals surface area contributed by atoms with E-state index in [1.807, 2.05) is 37.3 Å². The maximum atomic E-state index is 9.84. The van der Waals surface area contributed by atoms with Crippen molar-refractivity contribution >= 4 is 23.2 Å². The summed E-state index contributed by atoms with van der Waals surface area (Å²) < 4.78 is 11.4. The number of nitriles is 1. The zero-order chi connectivity index (χ0) is 20.5. The number of aromatic nitrogens is 2. The second-order valence-electron chi connectivity index (χ2n) is 6.34. The Morgan fingerprint density at radius 3 is 2.76 bits per heavy atom. The van der Waals surface area contributed by atoms with Gasteiger partial charge < -0.3 is 15.2 Å². The molecule has 1 atom stereocenters. The fourth-order valence-corrected chi connectivity index (χ4v) is 3.73. The number of nitrogens with one attached hydrogen (secondary N) is 1. The number of fused-ring (bicyclic) bond motifs is 1. The average Bonchev–Trinajstić information content (AvgIpc) is 3.13. The fraction of sp³-hybridized carbons (Fsp3) is 0.143. The summed E-state index contributed by atoms with van der Waals surface area (Å²) in [5.74, 6) is 0.465. The average molecular weight is 427 g/mol. The Kier molecular flexibility index (Phi) is 5.10. The number of nitrogens with two attached hydrogens (primary N) is 1. The number of halogens is 2. The highest BCUT2D eigenvalue weighted by atomic mass is 35.5. The molecule has 4 rings (SSSR count). The Labute approximate surface area is 177 Å². The van der Waals surface area contributed by atoms with E-state index >= 15 is 0 Å². The van der Waals surface area contributed by atoms with Crippen LogP contribution in [0.25, 0.3) is 11.3 Å². The zero-order valence-corrected chi connectivity index (χ0v) is 16.9. The fourth-order valence-electron chi connectivity index (χ4n) is 3.43. The van der Waals surface area contributed by atoms with Crippen LogP contribution in [0.3, 0.4) is 0 Å². The molecule has 0 aliphatic carbocycles. The minimum atomic E-state index is -0.519. The van der Waals surface area contributed by atoms with E-state index in [0.29, 0.717) is 39.5 Å². The van der Waals surface area contributed by atoms with E-state index in [1.165, 1.54) is 0 Å². The smallest absolute Gasteiger partial charge is 0.244 e. The maximum Gasteiger partial charge on any atom is 0.244 e. The molecule has 0 amide bonds. The topological polar surface area (TPSA) is 96.9 Å². The van der Waals surface area contributed by atoms with Crippen molar-refractivity contribution in [3.05, 3.63) is 75.1 Å². The summed E-state index contributed by atoms with van der Waals surface area (Å²) in [6.07, 6.45) is 0. The number of hydrogen-bond acceptors (Lipinski definition) is 5. The molecule has 0 bridgehead atoms. The number of hydrogen-bond donors (Lipinski definition) is 2. The van der Waals surface area contributed by atoms with Crippen LogP contribution < -0.4 is 15.2 Å². The number of H-pyrrole nitrogens is 1. The van der Waals surface area contributed by atoms with Gasteiger partial charge >= 0.3 is 0 Å². The van der Waals surface area contributed by atoms with Gasteiger partial charge in [-0.15, -0.1) is 5.10 Å². The maximum absolute atomic E-state index is 9.84. The van der Waals surface area contributed by atoms with Crippen LogP contribution in [0, 0.1) is 11.3 Å². The predicted octanol–water partition coefficient (Wildman–Crippen LogP) is 5.00. The summed E-state index contributed by atoms with van der Waals surface area (Å²) in [6.45, 7) is 2.39. The lowest BCUT2D eigenvalue weighted by atomic mass is 9.82. The molecule has 0 fully saturated rings. The van der Waals surface area contributed by atoms with Crippen LogP contribution in [0.1, 0.15) is 24.0 Å². The molecule has 2 heterocycles. The Balaban J connectivity index is 1.96. The molecule has 2 aromatic carbocycles. The van der Waals surface area contributed by atoms with Crippen molar-refractivity contribution in [3.63, 3.8) is 0 Å². The lowest BCUT2D eigenvalue weighted by Crippen LogP contribution is -2.21. The van der Waals surface area contributed by atoms with Gasteiger partial charge in [0.05, 0.1) is 33.8 Å². The van der Waals surface area contributed by atoms with Gasteiger partial charge in [0.1, 0.15) is 17.4 Å². The van der Waals surface area contributed by atoms with Crippen molar-refractivity contribution in [1.82, 2.24) is 10.2 Å². The molecule has 3 aromatic rings. The number of rotatable bonds is 4. The van der Waals surface area contributed by atoms with E-state index < -0.39 is 5.92 Å². The SMILES string of the molecule is CCOc1ccccc1[C@@H]1C(C#N)=C(N)Oc2n[nH]c(-c3ccc(Cl)c(Cl)c3)c21. The first-order valence-corrected chi connectivity index (χ1v) is 9.63. The zero-order valence-electron chi connectivity index (χ0n) is 15.4. The van der Waals surface area contributed by atoms with Crippen molar-refractivity contribution in [1.29, 1.82) is 5.26 Å². The van der Waals surface area contributed by atoms with E-state index in [2.05, 4.69) is 16.3 Å². The normalized spacial score (nSPS) is 15.4. The molecule has 1 aliphatic heterocycles. The summed E-state index contributed by atoms with van der Waals surface area (Å²) in [7, 11) is 0. The van der Waals surface area contributed by atoms with Gasteiger partial charge in [-0.05, 0) is 25.1 Å². The van der Waals surface area contributed by atoms with Crippen LogP contribution in [0.4, 0.5) is 0 Å². The molecule has 0 saturated heterocycles. The first-order valence-electron chi connectivity index (χ1n) is 8.88. The molecule has 8 heteroatoms. The number of benzene rings is 2. The van der Waals surface area contributed by atoms with Gasteiger partial charge in [0, 0.05) is 11.1 Å². The lowest BCUT2D eigenvalue weighted by Gasteiger charge is -2.25. The Hall–Kier alpha value is -3.14. The second kappa shape index (κ2) is 7.70. The Bertz CT molecular complexity index is 1160. The highest BCUT2D eigenvalue weighted by molar-refractivity contribution is 6.42. The number of ether oxygens (including phenoxy) is 2. The van der Waals surface area contributed by atoms with Gasteiger partial charge in [0.25, 0.3) is 0 Å². The number of nitrogens with zero attached hydrogens (tertiary/aromatic N) is 2. The quantitative estimate of drug-likeness (QED) is 0.611. The van der Waals surface area contributed by atoms with E-state index in [0.717, 1.165) is 11.1 Å². The molecule has 6 nitrogen and oxygen atoms in total. The minimum absolute atomic E-state index is 0.0171. The molecule has 3 N–H and O–H groups in total. The van der Waals surface area contributed by atoms with E-state index in [-0.39, 0.29) is 11.5 Å². The number of aromatic amines is 1. The molecular formula is C21H16Cl2N4O2. The molecule has 1 aromatic heterocycles. The third kappa shape index (κ3) is 3.29. The van der Waals surface area contributed by atoms with Crippen LogP contribution in [-0.4, -0.2) is 16.8 Å². The van der Waals surface area contributed by atoms with Crippen molar-refractivity contribution in [2.45, 2.75) is 12.8 Å². The van der Waals surface area contributed by atoms with Crippen molar-refractivity contribution in [2.24, 2.45) is 5.73 Å². The molecular weight excluding hydrogens is 411 g/mol. The van der Waals surface area contributed by atoms with Crippen molar-refractivity contribution < 1.29 is 9.47 Å². The van der Waals surface area contributed by atoms with Gasteiger partial charge in [0.2, 0.25) is 11.8 Å². The molecule has 1 aliphatic rings. The van der Waals surface area contributed by atoms with E-state index in [1.54, 1.807) is 12.1 Å². The van der Waals surface area contributed by atoms with Crippen LogP contribution in [0.5, 0.6) is 11.6 Å². The molecule has 0 radical (unpaired) electrons. The third-order valence-corrected chi connectivity index (χ3v) is 5.42. The first kappa shape index (κ1) is 19.2. The highest BCUT2D eigenvalue weighted by Crippen LogP contribution is 2.48. The van der Waals surface area contributed by atoms with Gasteiger partial charge in [-0.3, -0.25) is 5.10 Å². The standard InChI is InChI=1S/C21H16Cl2N4O2/c1-2-28-16-6-4-3-5-12(16)17-13(10-24)20(25)29-21-18(17)19(26-27-21)11-7-8-14(22)15(23)9-11/h3-9,17H,2,25H2,1H3,(H,26,27)/t17-/m1/s1. The minimum Gasteiger partial charge on any atom is -0.494 e. The van der Waals surface area contributed by atoms with Crippen LogP contribution in [-0.2, 0) is 0 Å². The van der Waals surface area contributed by atoms with Crippen LogP contribution in [0.15, 0.2) is 53.9 Å². The van der Waals surface area contributed by atoms with E-state index in [9.17, 15) is 5.26 Å². The monoisotopic (exact) mass is 426 g/mol. The Morgan fingerprint density at radius 2 is 2.03 bits per heavy atom. The second-order valence-corrected chi connectivity index (χ2v) is 7.16. The summed E-state index contributed by atoms with van der Waals surface area (Å²) >= 11 is 12.3. The van der Waals surface area contributed by atoms with Gasteiger partial charge in [-0.2, -0.15) is 5.26 Å². The summed E-state index contributed by atoms with van der Waals surface area (Å²) in [4.78, 5) is 0. The van der Waals surface area contributed by atoms with Gasteiger partial charge in [-0.1, -0.05) is 47.5 Å². The molecule has 0 unspecified atom stereocenters. The summed E-state index contributed by atoms with van der Waals surface area (Å²) in [5.41, 5.74) is 9.23. The van der Waals surface area contributed by atoms with Crippen LogP contribution >= 0.6 is 23.2 Å². The van der Waals surface area contributed by atoms with Crippen LogP contribution in [0.2, 0.25) is 10.0 Å². The summed E-state index contributed by atoms with van der Waals surface area (Å²) in [6, 6.07) is 15.0. The molecule has 146 valence electrons. The number of para-hydroxylation sites is 1. The van der Waals surface area contributed by atoms with Gasteiger partial charge in [-0.25, -0.2) is 0 Å². The highest BCUT2D eigenvalue weighted by Gasteiger charge is 2.37. The third-order valence-electron chi connectivity index (χ3n) is 4.68. The van der Waals surface area contributed by atoms with Crippen molar-refractivity contribution in [3.8, 4) is 29.0 Å². The first-order chi connectivity index (χ1) is 14.0. The lowest BCUT2D eigenvalue weighted by molar-refractivity contribution is 0.334. The molecule has 0 saturated carbocycles. The van der Waals surface area contributed by atoms with Gasteiger partial charge in [0.15, 0.2) is 0 Å². The van der Waals surface area contributed by atoms with E-state index in [4.69, 9.17) is 38.4 Å². The largest absolute Gasteiger partial charge is 0.494 e. The molecule has 29 heavy (non-hydrogen) atoms. The summed E-state index contributed by atoms with van der Waals surface area (Å²) in [5, 5.41) is 17.9. The number of allylic oxidation sites excluding steroid dienone is 1. The van der Waals surface area contributed by atoms with Crippen molar-refractivity contribution in [2.75, 3.05) is 6.61 Å². The Morgan fingerprint density at radius 1 is 1.24 bits per heavy atom. The molecule has 0 spiro atoms.